The van der Waals surface area contributed by atoms with E-state index >= 15 is 0 Å². The summed E-state index contributed by atoms with van der Waals surface area (Å²) in [6.45, 7) is 0.715. The van der Waals surface area contributed by atoms with E-state index in [0.29, 0.717) is 13.2 Å². The summed E-state index contributed by atoms with van der Waals surface area (Å²) in [5.41, 5.74) is 0.262. The molecule has 1 N–H and O–H groups in total. The van der Waals surface area contributed by atoms with Crippen LogP contribution < -0.4 is 10.1 Å². The molecule has 1 aromatic carbocycles. The van der Waals surface area contributed by atoms with E-state index in [2.05, 4.69) is 5.32 Å². The maximum Gasteiger partial charge on any atom is 0.255 e. The van der Waals surface area contributed by atoms with Crippen LogP contribution in [0.3, 0.4) is 0 Å². The molecule has 1 heterocycles. The number of carbonyl (C=O) groups excluding carboxylic acids is 1. The SMILES string of the molecule is O=C1NCCOc2c(F)cccc21. The van der Waals surface area contributed by atoms with Gasteiger partial charge in [-0.25, -0.2) is 4.39 Å². The first-order valence-electron chi connectivity index (χ1n) is 3.98. The summed E-state index contributed by atoms with van der Waals surface area (Å²) in [7, 11) is 0. The number of hydrogen-bond acceptors (Lipinski definition) is 2. The van der Waals surface area contributed by atoms with Crippen LogP contribution in [-0.2, 0) is 0 Å². The Hall–Kier alpha value is -1.58. The van der Waals surface area contributed by atoms with Crippen molar-refractivity contribution in [1.82, 2.24) is 5.32 Å². The van der Waals surface area contributed by atoms with Crippen molar-refractivity contribution in [2.75, 3.05) is 13.2 Å². The lowest BCUT2D eigenvalue weighted by atomic mass is 10.2. The number of nitrogens with one attached hydrogen (secondary N) is 1. The Kier molecular flexibility index (Phi) is 1.88. The zero-order valence-corrected chi connectivity index (χ0v) is 6.84. The van der Waals surface area contributed by atoms with Gasteiger partial charge in [-0.15, -0.1) is 0 Å². The highest BCUT2D eigenvalue weighted by atomic mass is 19.1. The van der Waals surface area contributed by atoms with Crippen LogP contribution in [0.4, 0.5) is 4.39 Å². The lowest BCUT2D eigenvalue weighted by Crippen LogP contribution is -2.24. The van der Waals surface area contributed by atoms with Crippen molar-refractivity contribution >= 4 is 5.91 Å². The van der Waals surface area contributed by atoms with E-state index in [9.17, 15) is 9.18 Å². The number of hydrogen-bond donors (Lipinski definition) is 1. The Bertz CT molecular complexity index is 351. The average molecular weight is 181 g/mol. The third-order valence-corrected chi connectivity index (χ3v) is 1.85. The molecular formula is C9H8FNO2. The van der Waals surface area contributed by atoms with Gasteiger partial charge in [-0.1, -0.05) is 6.07 Å². The highest BCUT2D eigenvalue weighted by Gasteiger charge is 2.18. The Morgan fingerprint density at radius 3 is 3.15 bits per heavy atom. The van der Waals surface area contributed by atoms with Crippen molar-refractivity contribution in [1.29, 1.82) is 0 Å². The van der Waals surface area contributed by atoms with E-state index in [-0.39, 0.29) is 17.2 Å². The van der Waals surface area contributed by atoms with Gasteiger partial charge in [0.05, 0.1) is 12.1 Å². The Labute approximate surface area is 74.5 Å². The summed E-state index contributed by atoms with van der Waals surface area (Å²) in [5.74, 6) is -0.723. The number of amides is 1. The largest absolute Gasteiger partial charge is 0.488 e. The van der Waals surface area contributed by atoms with E-state index in [1.54, 1.807) is 6.07 Å². The van der Waals surface area contributed by atoms with Crippen LogP contribution in [0.15, 0.2) is 18.2 Å². The third-order valence-electron chi connectivity index (χ3n) is 1.85. The summed E-state index contributed by atoms with van der Waals surface area (Å²) >= 11 is 0. The summed E-state index contributed by atoms with van der Waals surface area (Å²) in [6, 6.07) is 4.30. The summed E-state index contributed by atoms with van der Waals surface area (Å²) in [5, 5.41) is 2.60. The molecule has 2 rings (SSSR count). The number of carbonyl (C=O) groups is 1. The lowest BCUT2D eigenvalue weighted by molar-refractivity contribution is 0.0957. The van der Waals surface area contributed by atoms with E-state index in [4.69, 9.17) is 4.74 Å². The summed E-state index contributed by atoms with van der Waals surface area (Å²) in [4.78, 5) is 11.3. The normalized spacial score (nSPS) is 15.3. The monoisotopic (exact) mass is 181 g/mol. The molecule has 3 nitrogen and oxygen atoms in total. The van der Waals surface area contributed by atoms with Gasteiger partial charge in [0.25, 0.3) is 5.91 Å². The minimum atomic E-state index is -0.491. The van der Waals surface area contributed by atoms with Crippen molar-refractivity contribution in [2.24, 2.45) is 0 Å². The van der Waals surface area contributed by atoms with Crippen LogP contribution in [0.2, 0.25) is 0 Å². The fraction of sp³-hybridized carbons (Fsp3) is 0.222. The van der Waals surface area contributed by atoms with Gasteiger partial charge in [-0.3, -0.25) is 4.79 Å². The second-order valence-corrected chi connectivity index (χ2v) is 2.72. The number of benzene rings is 1. The Morgan fingerprint density at radius 2 is 2.31 bits per heavy atom. The number of fused-ring (bicyclic) bond motifs is 1. The van der Waals surface area contributed by atoms with E-state index < -0.39 is 5.82 Å². The number of para-hydroxylation sites is 1. The molecule has 0 radical (unpaired) electrons. The van der Waals surface area contributed by atoms with Crippen molar-refractivity contribution < 1.29 is 13.9 Å². The summed E-state index contributed by atoms with van der Waals surface area (Å²) in [6.07, 6.45) is 0. The maximum absolute atomic E-state index is 13.1. The molecule has 0 saturated heterocycles. The minimum absolute atomic E-state index is 0.0532. The Morgan fingerprint density at radius 1 is 1.46 bits per heavy atom. The third kappa shape index (κ3) is 1.35. The zero-order chi connectivity index (χ0) is 9.26. The fourth-order valence-corrected chi connectivity index (χ4v) is 1.25. The summed E-state index contributed by atoms with van der Waals surface area (Å²) < 4.78 is 18.2. The van der Waals surface area contributed by atoms with Crippen LogP contribution in [0, 0.1) is 5.82 Å². The molecule has 68 valence electrons. The first kappa shape index (κ1) is 8.04. The standard InChI is InChI=1S/C9H8FNO2/c10-7-3-1-2-6-8(7)13-5-4-11-9(6)12/h1-3H,4-5H2,(H,11,12). The number of halogens is 1. The maximum atomic E-state index is 13.1. The second kappa shape index (κ2) is 3.05. The van der Waals surface area contributed by atoms with Gasteiger partial charge in [-0.05, 0) is 12.1 Å². The minimum Gasteiger partial charge on any atom is -0.488 e. The predicted molar refractivity (Wildman–Crippen MR) is 44.2 cm³/mol. The molecular weight excluding hydrogens is 173 g/mol. The smallest absolute Gasteiger partial charge is 0.255 e. The van der Waals surface area contributed by atoms with Crippen LogP contribution in [-0.4, -0.2) is 19.1 Å². The molecule has 1 amide bonds. The fourth-order valence-electron chi connectivity index (χ4n) is 1.25. The van der Waals surface area contributed by atoms with Gasteiger partial charge in [0.1, 0.15) is 6.61 Å². The molecule has 0 saturated carbocycles. The molecule has 1 aromatic rings. The molecule has 4 heteroatoms. The second-order valence-electron chi connectivity index (χ2n) is 2.72. The highest BCUT2D eigenvalue weighted by Crippen LogP contribution is 2.23. The molecule has 0 fully saturated rings. The molecule has 13 heavy (non-hydrogen) atoms. The molecule has 0 bridgehead atoms. The molecule has 0 aliphatic carbocycles. The van der Waals surface area contributed by atoms with Crippen molar-refractivity contribution in [3.63, 3.8) is 0 Å². The number of ether oxygens (including phenoxy) is 1. The molecule has 0 atom stereocenters. The van der Waals surface area contributed by atoms with Gasteiger partial charge in [0, 0.05) is 0 Å². The van der Waals surface area contributed by atoms with E-state index in [0.717, 1.165) is 0 Å². The first-order valence-corrected chi connectivity index (χ1v) is 3.98. The van der Waals surface area contributed by atoms with Crippen molar-refractivity contribution in [3.05, 3.63) is 29.6 Å². The topological polar surface area (TPSA) is 38.3 Å². The van der Waals surface area contributed by atoms with Crippen LogP contribution in [0.5, 0.6) is 5.75 Å². The van der Waals surface area contributed by atoms with Crippen LogP contribution >= 0.6 is 0 Å². The average Bonchev–Trinajstić information content (AvgIpc) is 2.30. The van der Waals surface area contributed by atoms with Gasteiger partial charge < -0.3 is 10.1 Å². The highest BCUT2D eigenvalue weighted by molar-refractivity contribution is 5.97. The number of rotatable bonds is 0. The van der Waals surface area contributed by atoms with Gasteiger partial charge in [-0.2, -0.15) is 0 Å². The van der Waals surface area contributed by atoms with Crippen molar-refractivity contribution in [3.8, 4) is 5.75 Å². The quantitative estimate of drug-likeness (QED) is 0.647. The molecule has 0 spiro atoms. The lowest BCUT2D eigenvalue weighted by Gasteiger charge is -2.04. The van der Waals surface area contributed by atoms with Crippen LogP contribution in [0.25, 0.3) is 0 Å². The van der Waals surface area contributed by atoms with Gasteiger partial charge in [0.2, 0.25) is 0 Å². The molecule has 0 unspecified atom stereocenters. The molecule has 0 aromatic heterocycles. The molecule has 1 aliphatic rings. The predicted octanol–water partition coefficient (Wildman–Crippen LogP) is 0.948. The van der Waals surface area contributed by atoms with Crippen molar-refractivity contribution in [2.45, 2.75) is 0 Å². The van der Waals surface area contributed by atoms with Crippen LogP contribution in [0.1, 0.15) is 10.4 Å². The van der Waals surface area contributed by atoms with Gasteiger partial charge in [0.15, 0.2) is 11.6 Å². The zero-order valence-electron chi connectivity index (χ0n) is 6.84. The molecule has 1 aliphatic heterocycles. The van der Waals surface area contributed by atoms with Gasteiger partial charge >= 0.3 is 0 Å². The Balaban J connectivity index is 2.54. The first-order chi connectivity index (χ1) is 6.29. The van der Waals surface area contributed by atoms with E-state index in [1.807, 2.05) is 0 Å². The van der Waals surface area contributed by atoms with E-state index in [1.165, 1.54) is 12.1 Å².